The Morgan fingerprint density at radius 3 is 2.91 bits per heavy atom. The molecular weight excluding hydrogens is 136 g/mol. The van der Waals surface area contributed by atoms with Gasteiger partial charge in [0.05, 0.1) is 0 Å². The quantitative estimate of drug-likeness (QED) is 0.628. The fourth-order valence-electron chi connectivity index (χ4n) is 1.44. The van der Waals surface area contributed by atoms with Gasteiger partial charge in [0.2, 0.25) is 0 Å². The Morgan fingerprint density at radius 1 is 1.64 bits per heavy atom. The topological polar surface area (TPSA) is 52.0 Å². The lowest BCUT2D eigenvalue weighted by Crippen LogP contribution is -2.33. The molecule has 0 fully saturated rings. The average Bonchev–Trinajstić information content (AvgIpc) is 2.50. The highest BCUT2D eigenvalue weighted by Gasteiger charge is 2.17. The second-order valence-electron chi connectivity index (χ2n) is 2.91. The summed E-state index contributed by atoms with van der Waals surface area (Å²) in [5.74, 6) is 0.536. The zero-order chi connectivity index (χ0) is 8.27. The van der Waals surface area contributed by atoms with Crippen LogP contribution in [0.15, 0.2) is 23.8 Å². The number of rotatable bonds is 3. The second-order valence-corrected chi connectivity index (χ2v) is 2.91. The van der Waals surface area contributed by atoms with Crippen molar-refractivity contribution in [3.63, 3.8) is 0 Å². The summed E-state index contributed by atoms with van der Waals surface area (Å²) in [7, 11) is 0. The Hall–Kier alpha value is -0.600. The van der Waals surface area contributed by atoms with Gasteiger partial charge in [-0.15, -0.1) is 0 Å². The second kappa shape index (κ2) is 3.69. The normalized spacial score (nSPS) is 25.4. The molecule has 2 unspecified atom stereocenters. The van der Waals surface area contributed by atoms with Gasteiger partial charge in [0.15, 0.2) is 0 Å². The van der Waals surface area contributed by atoms with Crippen molar-refractivity contribution in [1.82, 2.24) is 0 Å². The van der Waals surface area contributed by atoms with Crippen LogP contribution in [-0.2, 0) is 0 Å². The van der Waals surface area contributed by atoms with E-state index in [1.54, 1.807) is 0 Å². The number of hydrogen-bond acceptors (Lipinski definition) is 2. The molecule has 0 bridgehead atoms. The van der Waals surface area contributed by atoms with Crippen molar-refractivity contribution in [1.29, 1.82) is 0 Å². The molecule has 2 heteroatoms. The summed E-state index contributed by atoms with van der Waals surface area (Å²) in [5, 5.41) is 0. The Kier molecular flexibility index (Phi) is 2.85. The van der Waals surface area contributed by atoms with Gasteiger partial charge < -0.3 is 11.5 Å². The van der Waals surface area contributed by atoms with Crippen LogP contribution in [0, 0.1) is 5.92 Å². The van der Waals surface area contributed by atoms with Crippen molar-refractivity contribution >= 4 is 0 Å². The molecule has 0 saturated carbocycles. The SMILES string of the molecule is CCC1C=CC=C1C(N)CN. The molecule has 0 aromatic rings. The summed E-state index contributed by atoms with van der Waals surface area (Å²) in [6, 6.07) is 0.0509. The fourth-order valence-corrected chi connectivity index (χ4v) is 1.44. The molecule has 1 rings (SSSR count). The minimum atomic E-state index is 0.0509. The third-order valence-electron chi connectivity index (χ3n) is 2.18. The molecule has 2 atom stereocenters. The lowest BCUT2D eigenvalue weighted by molar-refractivity contribution is 0.642. The minimum absolute atomic E-state index is 0.0509. The van der Waals surface area contributed by atoms with Gasteiger partial charge in [0.1, 0.15) is 0 Å². The summed E-state index contributed by atoms with van der Waals surface area (Å²) < 4.78 is 0. The molecule has 1 aliphatic rings. The van der Waals surface area contributed by atoms with E-state index < -0.39 is 0 Å². The smallest absolute Gasteiger partial charge is 0.0387 e. The maximum Gasteiger partial charge on any atom is 0.0387 e. The van der Waals surface area contributed by atoms with Crippen molar-refractivity contribution in [3.05, 3.63) is 23.8 Å². The lowest BCUT2D eigenvalue weighted by atomic mass is 9.94. The molecule has 2 nitrogen and oxygen atoms in total. The van der Waals surface area contributed by atoms with Crippen LogP contribution in [0.1, 0.15) is 13.3 Å². The zero-order valence-corrected chi connectivity index (χ0v) is 6.96. The molecule has 0 amide bonds. The molecule has 0 heterocycles. The van der Waals surface area contributed by atoms with E-state index in [-0.39, 0.29) is 6.04 Å². The molecule has 0 aromatic carbocycles. The Balaban J connectivity index is 2.59. The first kappa shape index (κ1) is 8.50. The predicted molar refractivity (Wildman–Crippen MR) is 48.0 cm³/mol. The summed E-state index contributed by atoms with van der Waals surface area (Å²) >= 11 is 0. The van der Waals surface area contributed by atoms with Gasteiger partial charge in [-0.25, -0.2) is 0 Å². The van der Waals surface area contributed by atoms with Crippen LogP contribution >= 0.6 is 0 Å². The fraction of sp³-hybridized carbons (Fsp3) is 0.556. The maximum absolute atomic E-state index is 5.81. The highest BCUT2D eigenvalue weighted by atomic mass is 14.7. The van der Waals surface area contributed by atoms with E-state index >= 15 is 0 Å². The number of allylic oxidation sites excluding steroid dienone is 3. The monoisotopic (exact) mass is 152 g/mol. The summed E-state index contributed by atoms with van der Waals surface area (Å²) in [5.41, 5.74) is 12.6. The highest BCUT2D eigenvalue weighted by Crippen LogP contribution is 2.23. The minimum Gasteiger partial charge on any atom is -0.329 e. The maximum atomic E-state index is 5.81. The van der Waals surface area contributed by atoms with Gasteiger partial charge in [-0.3, -0.25) is 0 Å². The van der Waals surface area contributed by atoms with E-state index in [2.05, 4.69) is 25.2 Å². The molecule has 0 radical (unpaired) electrons. The number of hydrogen-bond donors (Lipinski definition) is 2. The first-order valence-electron chi connectivity index (χ1n) is 4.13. The first-order chi connectivity index (χ1) is 5.29. The van der Waals surface area contributed by atoms with Gasteiger partial charge in [-0.05, 0) is 17.9 Å². The van der Waals surface area contributed by atoms with E-state index in [1.165, 1.54) is 5.57 Å². The molecule has 0 spiro atoms. The molecule has 11 heavy (non-hydrogen) atoms. The summed E-state index contributed by atoms with van der Waals surface area (Å²) in [6.07, 6.45) is 7.46. The lowest BCUT2D eigenvalue weighted by Gasteiger charge is -2.16. The zero-order valence-electron chi connectivity index (χ0n) is 6.96. The molecule has 62 valence electrons. The van der Waals surface area contributed by atoms with Crippen LogP contribution in [0.3, 0.4) is 0 Å². The molecule has 0 saturated heterocycles. The Morgan fingerprint density at radius 2 is 2.36 bits per heavy atom. The first-order valence-corrected chi connectivity index (χ1v) is 4.13. The van der Waals surface area contributed by atoms with Crippen LogP contribution in [0.2, 0.25) is 0 Å². The van der Waals surface area contributed by atoms with Crippen LogP contribution in [0.5, 0.6) is 0 Å². The van der Waals surface area contributed by atoms with E-state index in [0.29, 0.717) is 12.5 Å². The molecular formula is C9H16N2. The largest absolute Gasteiger partial charge is 0.329 e. The van der Waals surface area contributed by atoms with E-state index in [0.717, 1.165) is 6.42 Å². The molecule has 1 aliphatic carbocycles. The van der Waals surface area contributed by atoms with Crippen LogP contribution in [-0.4, -0.2) is 12.6 Å². The van der Waals surface area contributed by atoms with Crippen molar-refractivity contribution in [2.45, 2.75) is 19.4 Å². The van der Waals surface area contributed by atoms with E-state index in [9.17, 15) is 0 Å². The average molecular weight is 152 g/mol. The molecule has 0 aromatic heterocycles. The highest BCUT2D eigenvalue weighted by molar-refractivity contribution is 5.30. The molecule has 4 N–H and O–H groups in total. The van der Waals surface area contributed by atoms with Gasteiger partial charge >= 0.3 is 0 Å². The third kappa shape index (κ3) is 1.70. The van der Waals surface area contributed by atoms with Gasteiger partial charge in [-0.1, -0.05) is 25.2 Å². The van der Waals surface area contributed by atoms with E-state index in [1.807, 2.05) is 0 Å². The van der Waals surface area contributed by atoms with Gasteiger partial charge in [0, 0.05) is 12.6 Å². The van der Waals surface area contributed by atoms with Crippen LogP contribution < -0.4 is 11.5 Å². The van der Waals surface area contributed by atoms with Crippen molar-refractivity contribution < 1.29 is 0 Å². The summed E-state index contributed by atoms with van der Waals surface area (Å²) in [6.45, 7) is 2.71. The van der Waals surface area contributed by atoms with Gasteiger partial charge in [-0.2, -0.15) is 0 Å². The van der Waals surface area contributed by atoms with Crippen molar-refractivity contribution in [3.8, 4) is 0 Å². The van der Waals surface area contributed by atoms with Crippen LogP contribution in [0.25, 0.3) is 0 Å². The third-order valence-corrected chi connectivity index (χ3v) is 2.18. The Bertz CT molecular complexity index is 182. The van der Waals surface area contributed by atoms with Crippen molar-refractivity contribution in [2.75, 3.05) is 6.54 Å². The standard InChI is InChI=1S/C9H16N2/c1-2-7-4-3-5-8(7)9(11)6-10/h3-5,7,9H,2,6,10-11H2,1H3. The van der Waals surface area contributed by atoms with Gasteiger partial charge in [0.25, 0.3) is 0 Å². The van der Waals surface area contributed by atoms with Crippen LogP contribution in [0.4, 0.5) is 0 Å². The number of nitrogens with two attached hydrogens (primary N) is 2. The van der Waals surface area contributed by atoms with E-state index in [4.69, 9.17) is 11.5 Å². The molecule has 0 aliphatic heterocycles. The van der Waals surface area contributed by atoms with Crippen molar-refractivity contribution in [2.24, 2.45) is 17.4 Å². The Labute approximate surface area is 68.0 Å². The predicted octanol–water partition coefficient (Wildman–Crippen LogP) is 0.795. The summed E-state index contributed by atoms with van der Waals surface area (Å²) in [4.78, 5) is 0.